The van der Waals surface area contributed by atoms with Gasteiger partial charge < -0.3 is 4.42 Å². The second-order valence-electron chi connectivity index (χ2n) is 6.79. The van der Waals surface area contributed by atoms with Crippen LogP contribution < -0.4 is 0 Å². The number of rotatable bonds is 8. The van der Waals surface area contributed by atoms with Crippen molar-refractivity contribution < 1.29 is 4.42 Å². The summed E-state index contributed by atoms with van der Waals surface area (Å²) < 4.78 is 7.03. The van der Waals surface area contributed by atoms with Crippen molar-refractivity contribution in [2.75, 3.05) is 0 Å². The third kappa shape index (κ3) is 4.28. The van der Waals surface area contributed by atoms with Crippen molar-refractivity contribution in [3.8, 4) is 0 Å². The van der Waals surface area contributed by atoms with Crippen molar-refractivity contribution in [1.82, 2.24) is 0 Å². The second-order valence-corrected chi connectivity index (χ2v) is 7.77. The number of fused-ring (bicyclic) bond motifs is 1. The molecule has 25 heavy (non-hydrogen) atoms. The van der Waals surface area contributed by atoms with Gasteiger partial charge in [-0.2, -0.15) is 0 Å². The maximum atomic E-state index is 6.00. The standard InChI is InChI=1S/C23H27IO/c1-3-5-10-17-12-9-13-18(11-6-4-2)20(17)16-21-19-14-7-8-15-22(19)25-23(21)24/h7-9,12-15H,3-6,10-11,16H2,1-2H3. The van der Waals surface area contributed by atoms with Gasteiger partial charge in [-0.05, 0) is 71.0 Å². The molecule has 0 saturated heterocycles. The summed E-state index contributed by atoms with van der Waals surface area (Å²) in [6, 6.07) is 15.3. The van der Waals surface area contributed by atoms with Gasteiger partial charge in [-0.3, -0.25) is 0 Å². The molecule has 0 saturated carbocycles. The molecule has 0 atom stereocenters. The molecule has 2 aromatic carbocycles. The van der Waals surface area contributed by atoms with Crippen molar-refractivity contribution in [1.29, 1.82) is 0 Å². The molecule has 0 amide bonds. The van der Waals surface area contributed by atoms with Gasteiger partial charge in [-0.1, -0.05) is 63.1 Å². The summed E-state index contributed by atoms with van der Waals surface area (Å²) in [4.78, 5) is 0. The number of furan rings is 1. The van der Waals surface area contributed by atoms with E-state index in [2.05, 4.69) is 72.8 Å². The van der Waals surface area contributed by atoms with Gasteiger partial charge in [-0.25, -0.2) is 0 Å². The van der Waals surface area contributed by atoms with E-state index >= 15 is 0 Å². The third-order valence-corrected chi connectivity index (χ3v) is 5.84. The van der Waals surface area contributed by atoms with Crippen molar-refractivity contribution in [3.63, 3.8) is 0 Å². The predicted octanol–water partition coefficient (Wildman–Crippen LogP) is 7.31. The van der Waals surface area contributed by atoms with E-state index in [0.29, 0.717) is 0 Å². The van der Waals surface area contributed by atoms with Crippen LogP contribution in [0.4, 0.5) is 0 Å². The first-order valence-electron chi connectivity index (χ1n) is 9.50. The molecule has 0 radical (unpaired) electrons. The van der Waals surface area contributed by atoms with E-state index in [4.69, 9.17) is 4.42 Å². The lowest BCUT2D eigenvalue weighted by atomic mass is 9.90. The zero-order valence-corrected chi connectivity index (χ0v) is 17.4. The average Bonchev–Trinajstić information content (AvgIpc) is 2.95. The molecule has 0 spiro atoms. The fourth-order valence-corrected chi connectivity index (χ4v) is 4.25. The van der Waals surface area contributed by atoms with E-state index < -0.39 is 0 Å². The highest BCUT2D eigenvalue weighted by molar-refractivity contribution is 14.1. The van der Waals surface area contributed by atoms with Crippen molar-refractivity contribution in [2.24, 2.45) is 0 Å². The summed E-state index contributed by atoms with van der Waals surface area (Å²) in [5.74, 6) is 0. The molecule has 0 aliphatic carbocycles. The summed E-state index contributed by atoms with van der Waals surface area (Å²) in [7, 11) is 0. The Kier molecular flexibility index (Phi) is 6.57. The number of benzene rings is 2. The van der Waals surface area contributed by atoms with Crippen LogP contribution in [0.3, 0.4) is 0 Å². The highest BCUT2D eigenvalue weighted by atomic mass is 127. The molecule has 1 aromatic heterocycles. The second kappa shape index (κ2) is 8.88. The van der Waals surface area contributed by atoms with Crippen LogP contribution in [0.5, 0.6) is 0 Å². The summed E-state index contributed by atoms with van der Waals surface area (Å²) in [5, 5.41) is 1.26. The molecular formula is C23H27IO. The quantitative estimate of drug-likeness (QED) is 0.331. The van der Waals surface area contributed by atoms with Gasteiger partial charge in [0.2, 0.25) is 0 Å². The number of aryl methyl sites for hydroxylation is 2. The zero-order chi connectivity index (χ0) is 17.6. The zero-order valence-electron chi connectivity index (χ0n) is 15.3. The van der Waals surface area contributed by atoms with Gasteiger partial charge in [0.05, 0.1) is 0 Å². The molecule has 0 fully saturated rings. The molecule has 1 nitrogen and oxygen atoms in total. The summed E-state index contributed by atoms with van der Waals surface area (Å²) in [6.07, 6.45) is 8.33. The van der Waals surface area contributed by atoms with Gasteiger partial charge >= 0.3 is 0 Å². The highest BCUT2D eigenvalue weighted by Crippen LogP contribution is 2.31. The number of para-hydroxylation sites is 1. The van der Waals surface area contributed by atoms with E-state index in [-0.39, 0.29) is 0 Å². The minimum atomic E-state index is 0.980. The van der Waals surface area contributed by atoms with Gasteiger partial charge in [0, 0.05) is 17.4 Å². The van der Waals surface area contributed by atoms with E-state index in [0.717, 1.165) is 15.8 Å². The first-order chi connectivity index (χ1) is 12.2. The van der Waals surface area contributed by atoms with E-state index in [1.54, 1.807) is 0 Å². The Balaban J connectivity index is 2.02. The van der Waals surface area contributed by atoms with Gasteiger partial charge in [0.1, 0.15) is 5.58 Å². The van der Waals surface area contributed by atoms with Gasteiger partial charge in [0.25, 0.3) is 0 Å². The lowest BCUT2D eigenvalue weighted by Crippen LogP contribution is -2.03. The van der Waals surface area contributed by atoms with E-state index in [1.165, 1.54) is 66.2 Å². The van der Waals surface area contributed by atoms with Gasteiger partial charge in [0.15, 0.2) is 3.77 Å². The predicted molar refractivity (Wildman–Crippen MR) is 115 cm³/mol. The molecule has 3 aromatic rings. The minimum absolute atomic E-state index is 0.980. The van der Waals surface area contributed by atoms with Crippen LogP contribution in [0.1, 0.15) is 61.8 Å². The normalized spacial score (nSPS) is 11.3. The maximum absolute atomic E-state index is 6.00. The topological polar surface area (TPSA) is 13.1 Å². The van der Waals surface area contributed by atoms with Crippen molar-refractivity contribution >= 4 is 33.6 Å². The Morgan fingerprint density at radius 3 is 2.08 bits per heavy atom. The lowest BCUT2D eigenvalue weighted by Gasteiger charge is -2.15. The molecule has 0 aliphatic heterocycles. The number of unbranched alkanes of at least 4 members (excludes halogenated alkanes) is 2. The van der Waals surface area contributed by atoms with Crippen LogP contribution in [0.2, 0.25) is 0 Å². The SMILES string of the molecule is CCCCc1cccc(CCCC)c1Cc1c(I)oc2ccccc12. The largest absolute Gasteiger partial charge is 0.450 e. The number of hydrogen-bond donors (Lipinski definition) is 0. The van der Waals surface area contributed by atoms with Crippen molar-refractivity contribution in [2.45, 2.75) is 58.8 Å². The van der Waals surface area contributed by atoms with Crippen LogP contribution in [0.25, 0.3) is 11.0 Å². The molecule has 132 valence electrons. The van der Waals surface area contributed by atoms with Crippen molar-refractivity contribution in [3.05, 3.63) is 68.5 Å². The van der Waals surface area contributed by atoms with Crippen LogP contribution >= 0.6 is 22.6 Å². The minimum Gasteiger partial charge on any atom is -0.450 e. The summed E-state index contributed by atoms with van der Waals surface area (Å²) >= 11 is 2.35. The number of halogens is 1. The molecule has 3 rings (SSSR count). The Bertz CT molecular complexity index is 805. The van der Waals surface area contributed by atoms with Crippen LogP contribution in [0, 0.1) is 3.77 Å². The molecule has 0 bridgehead atoms. The lowest BCUT2D eigenvalue weighted by molar-refractivity contribution is 0.578. The Labute approximate surface area is 165 Å². The maximum Gasteiger partial charge on any atom is 0.168 e. The van der Waals surface area contributed by atoms with Gasteiger partial charge in [-0.15, -0.1) is 0 Å². The Morgan fingerprint density at radius 1 is 0.800 bits per heavy atom. The molecule has 0 unspecified atom stereocenters. The Hall–Kier alpha value is -1.29. The molecule has 0 aliphatic rings. The summed E-state index contributed by atoms with van der Waals surface area (Å²) in [6.45, 7) is 4.54. The monoisotopic (exact) mass is 446 g/mol. The molecule has 0 N–H and O–H groups in total. The fraction of sp³-hybridized carbons (Fsp3) is 0.391. The molecular weight excluding hydrogens is 419 g/mol. The number of hydrogen-bond acceptors (Lipinski definition) is 1. The molecule has 2 heteroatoms. The smallest absolute Gasteiger partial charge is 0.168 e. The van der Waals surface area contributed by atoms with E-state index in [9.17, 15) is 0 Å². The van der Waals surface area contributed by atoms with Crippen LogP contribution in [-0.2, 0) is 19.3 Å². The molecule has 1 heterocycles. The summed E-state index contributed by atoms with van der Waals surface area (Å²) in [5.41, 5.74) is 6.93. The first-order valence-corrected chi connectivity index (χ1v) is 10.6. The first kappa shape index (κ1) is 18.5. The van der Waals surface area contributed by atoms with Crippen LogP contribution in [-0.4, -0.2) is 0 Å². The fourth-order valence-electron chi connectivity index (χ4n) is 3.53. The average molecular weight is 446 g/mol. The third-order valence-electron chi connectivity index (χ3n) is 4.97. The Morgan fingerprint density at radius 2 is 1.44 bits per heavy atom. The van der Waals surface area contributed by atoms with Crippen LogP contribution in [0.15, 0.2) is 46.9 Å². The van der Waals surface area contributed by atoms with E-state index in [1.807, 2.05) is 6.07 Å². The highest BCUT2D eigenvalue weighted by Gasteiger charge is 2.16.